The Balaban J connectivity index is 1.93. The maximum absolute atomic E-state index is 12.2. The number of likely N-dealkylation sites (N-methyl/N-ethyl adjacent to an activating group) is 1. The minimum absolute atomic E-state index is 0.0363. The van der Waals surface area contributed by atoms with Gasteiger partial charge in [-0.25, -0.2) is 19.3 Å². The number of rotatable bonds is 3. The highest BCUT2D eigenvalue weighted by molar-refractivity contribution is 5.85. The Morgan fingerprint density at radius 2 is 2.43 bits per heavy atom. The normalized spacial score (nSPS) is 18.9. The van der Waals surface area contributed by atoms with Gasteiger partial charge in [-0.3, -0.25) is 4.79 Å². The van der Waals surface area contributed by atoms with Crippen LogP contribution in [0, 0.1) is 0 Å². The van der Waals surface area contributed by atoms with Crippen LogP contribution in [-0.4, -0.2) is 57.7 Å². The average Bonchev–Trinajstić information content (AvgIpc) is 2.88. The van der Waals surface area contributed by atoms with Crippen molar-refractivity contribution >= 4 is 17.4 Å². The molecule has 1 atom stereocenters. The summed E-state index contributed by atoms with van der Waals surface area (Å²) in [5, 5.41) is 12.3. The van der Waals surface area contributed by atoms with Crippen molar-refractivity contribution in [2.45, 2.75) is 13.0 Å². The van der Waals surface area contributed by atoms with Crippen molar-refractivity contribution < 1.29 is 4.79 Å². The second-order valence-electron chi connectivity index (χ2n) is 4.81. The first-order chi connectivity index (χ1) is 10.2. The third-order valence-electron chi connectivity index (χ3n) is 3.49. The Labute approximate surface area is 120 Å². The van der Waals surface area contributed by atoms with Gasteiger partial charge in [0, 0.05) is 32.2 Å². The summed E-state index contributed by atoms with van der Waals surface area (Å²) in [4.78, 5) is 29.8. The molecule has 1 fully saturated rings. The van der Waals surface area contributed by atoms with Crippen LogP contribution in [0.4, 0.5) is 5.82 Å². The number of aromatic amines is 1. The molecule has 1 unspecified atom stereocenters. The van der Waals surface area contributed by atoms with Crippen LogP contribution in [0.5, 0.6) is 0 Å². The molecule has 2 aromatic heterocycles. The monoisotopic (exact) mass is 291 g/mol. The van der Waals surface area contributed by atoms with Crippen LogP contribution < -0.4 is 21.2 Å². The summed E-state index contributed by atoms with van der Waals surface area (Å²) in [6.07, 6.45) is 1.42. The van der Waals surface area contributed by atoms with Gasteiger partial charge >= 0.3 is 5.69 Å². The van der Waals surface area contributed by atoms with Crippen molar-refractivity contribution in [1.29, 1.82) is 0 Å². The molecule has 1 saturated heterocycles. The molecule has 112 valence electrons. The first kappa shape index (κ1) is 13.6. The second kappa shape index (κ2) is 5.52. The van der Waals surface area contributed by atoms with Crippen molar-refractivity contribution in [1.82, 2.24) is 30.2 Å². The van der Waals surface area contributed by atoms with Crippen molar-refractivity contribution in [3.8, 4) is 0 Å². The van der Waals surface area contributed by atoms with Gasteiger partial charge in [-0.1, -0.05) is 0 Å². The van der Waals surface area contributed by atoms with E-state index in [4.69, 9.17) is 0 Å². The molecule has 0 radical (unpaired) electrons. The lowest BCUT2D eigenvalue weighted by molar-refractivity contribution is -0.122. The summed E-state index contributed by atoms with van der Waals surface area (Å²) in [6, 6.07) is 1.38. The van der Waals surface area contributed by atoms with E-state index in [1.165, 1.54) is 10.7 Å². The predicted molar refractivity (Wildman–Crippen MR) is 76.3 cm³/mol. The maximum Gasteiger partial charge on any atom is 0.348 e. The van der Waals surface area contributed by atoms with Crippen molar-refractivity contribution in [3.05, 3.63) is 22.9 Å². The SMILES string of the molecule is CCNC(=O)C1CNCCN1c1cc2n[nH]c(=O)n2cn1. The van der Waals surface area contributed by atoms with E-state index in [2.05, 4.69) is 25.8 Å². The lowest BCUT2D eigenvalue weighted by Gasteiger charge is -2.35. The minimum atomic E-state index is -0.329. The van der Waals surface area contributed by atoms with Crippen molar-refractivity contribution in [2.75, 3.05) is 31.1 Å². The molecular formula is C12H17N7O2. The lowest BCUT2D eigenvalue weighted by atomic mass is 10.1. The number of hydrogen-bond acceptors (Lipinski definition) is 6. The highest BCUT2D eigenvalue weighted by Crippen LogP contribution is 2.16. The maximum atomic E-state index is 12.2. The quantitative estimate of drug-likeness (QED) is 0.624. The summed E-state index contributed by atoms with van der Waals surface area (Å²) >= 11 is 0. The first-order valence-electron chi connectivity index (χ1n) is 6.88. The molecule has 1 aliphatic rings. The van der Waals surface area contributed by atoms with Gasteiger partial charge in [0.25, 0.3) is 0 Å². The fourth-order valence-electron chi connectivity index (χ4n) is 2.46. The van der Waals surface area contributed by atoms with Gasteiger partial charge < -0.3 is 15.5 Å². The highest BCUT2D eigenvalue weighted by Gasteiger charge is 2.29. The number of carbonyl (C=O) groups is 1. The Morgan fingerprint density at radius 3 is 3.24 bits per heavy atom. The number of nitrogens with zero attached hydrogens (tertiary/aromatic N) is 4. The van der Waals surface area contributed by atoms with Crippen LogP contribution in [0.25, 0.3) is 5.65 Å². The zero-order chi connectivity index (χ0) is 14.8. The van der Waals surface area contributed by atoms with Gasteiger partial charge in [-0.2, -0.15) is 5.10 Å². The number of carbonyl (C=O) groups excluding carboxylic acids is 1. The molecule has 0 saturated carbocycles. The number of fused-ring (bicyclic) bond motifs is 1. The van der Waals surface area contributed by atoms with Crippen LogP contribution in [0.1, 0.15) is 6.92 Å². The number of anilines is 1. The fourth-order valence-corrected chi connectivity index (χ4v) is 2.46. The van der Waals surface area contributed by atoms with E-state index in [0.29, 0.717) is 31.1 Å². The van der Waals surface area contributed by atoms with E-state index in [1.807, 2.05) is 11.8 Å². The molecular weight excluding hydrogens is 274 g/mol. The third kappa shape index (κ3) is 2.47. The van der Waals surface area contributed by atoms with Crippen molar-refractivity contribution in [3.63, 3.8) is 0 Å². The second-order valence-corrected chi connectivity index (χ2v) is 4.81. The number of nitrogens with one attached hydrogen (secondary N) is 3. The Morgan fingerprint density at radius 1 is 1.57 bits per heavy atom. The summed E-state index contributed by atoms with van der Waals surface area (Å²) in [6.45, 7) is 4.48. The minimum Gasteiger partial charge on any atom is -0.355 e. The van der Waals surface area contributed by atoms with E-state index < -0.39 is 0 Å². The van der Waals surface area contributed by atoms with Crippen LogP contribution in [0.3, 0.4) is 0 Å². The number of H-pyrrole nitrogens is 1. The largest absolute Gasteiger partial charge is 0.355 e. The van der Waals surface area contributed by atoms with E-state index in [0.717, 1.165) is 6.54 Å². The van der Waals surface area contributed by atoms with E-state index in [-0.39, 0.29) is 17.6 Å². The summed E-state index contributed by atoms with van der Waals surface area (Å²) < 4.78 is 1.33. The standard InChI is InChI=1S/C12H17N7O2/c1-2-14-11(20)8-6-13-3-4-18(8)9-5-10-16-17-12(21)19(10)7-15-9/h5,7-8,13H,2-4,6H2,1H3,(H,14,20)(H,17,21). The van der Waals surface area contributed by atoms with E-state index in [1.54, 1.807) is 6.07 Å². The van der Waals surface area contributed by atoms with E-state index >= 15 is 0 Å². The molecule has 2 aromatic rings. The van der Waals surface area contributed by atoms with Crippen LogP contribution in [0.15, 0.2) is 17.2 Å². The van der Waals surface area contributed by atoms with Gasteiger partial charge in [-0.15, -0.1) is 0 Å². The van der Waals surface area contributed by atoms with Gasteiger partial charge in [0.05, 0.1) is 0 Å². The highest BCUT2D eigenvalue weighted by atomic mass is 16.2. The molecule has 3 rings (SSSR count). The molecule has 1 amide bonds. The number of piperazine rings is 1. The van der Waals surface area contributed by atoms with Gasteiger partial charge in [0.1, 0.15) is 18.2 Å². The molecule has 0 bridgehead atoms. The number of aromatic nitrogens is 4. The van der Waals surface area contributed by atoms with Gasteiger partial charge in [-0.05, 0) is 6.92 Å². The fraction of sp³-hybridized carbons (Fsp3) is 0.500. The topological polar surface area (TPSA) is 107 Å². The molecule has 1 aliphatic heterocycles. The zero-order valence-electron chi connectivity index (χ0n) is 11.7. The zero-order valence-corrected chi connectivity index (χ0v) is 11.7. The predicted octanol–water partition coefficient (Wildman–Crippen LogP) is -1.67. The van der Waals surface area contributed by atoms with Gasteiger partial charge in [0.2, 0.25) is 5.91 Å². The molecule has 3 heterocycles. The van der Waals surface area contributed by atoms with E-state index in [9.17, 15) is 9.59 Å². The third-order valence-corrected chi connectivity index (χ3v) is 3.49. The Bertz CT molecular complexity index is 707. The molecule has 3 N–H and O–H groups in total. The van der Waals surface area contributed by atoms with Crippen molar-refractivity contribution in [2.24, 2.45) is 0 Å². The summed E-state index contributed by atoms with van der Waals surface area (Å²) in [5.41, 5.74) is 0.155. The van der Waals surface area contributed by atoms with Crippen LogP contribution in [0.2, 0.25) is 0 Å². The molecule has 9 heteroatoms. The Hall–Kier alpha value is -2.42. The first-order valence-corrected chi connectivity index (χ1v) is 6.88. The molecule has 21 heavy (non-hydrogen) atoms. The summed E-state index contributed by atoms with van der Waals surface area (Å²) in [7, 11) is 0. The van der Waals surface area contributed by atoms with Crippen LogP contribution >= 0.6 is 0 Å². The molecule has 0 spiro atoms. The molecule has 9 nitrogen and oxygen atoms in total. The molecule has 0 aromatic carbocycles. The summed E-state index contributed by atoms with van der Waals surface area (Å²) in [5.74, 6) is 0.602. The molecule has 0 aliphatic carbocycles. The van der Waals surface area contributed by atoms with Crippen LogP contribution in [-0.2, 0) is 4.79 Å². The lowest BCUT2D eigenvalue weighted by Crippen LogP contribution is -2.58. The number of amides is 1. The average molecular weight is 291 g/mol. The number of hydrogen-bond donors (Lipinski definition) is 3. The smallest absolute Gasteiger partial charge is 0.348 e. The Kier molecular flexibility index (Phi) is 3.57. The van der Waals surface area contributed by atoms with Gasteiger partial charge in [0.15, 0.2) is 5.65 Å².